The second-order valence-electron chi connectivity index (χ2n) is 8.40. The summed E-state index contributed by atoms with van der Waals surface area (Å²) in [6.45, 7) is 4.13. The average molecular weight is 465 g/mol. The number of pyridine rings is 1. The van der Waals surface area contributed by atoms with Crippen LogP contribution < -0.4 is 21.2 Å². The molecule has 0 bridgehead atoms. The Labute approximate surface area is 191 Å². The van der Waals surface area contributed by atoms with Gasteiger partial charge in [-0.25, -0.2) is 8.78 Å². The fourth-order valence-electron chi connectivity index (χ4n) is 3.58. The first kappa shape index (κ1) is 24.6. The highest BCUT2D eigenvalue weighted by Crippen LogP contribution is 2.29. The van der Waals surface area contributed by atoms with Crippen molar-refractivity contribution in [3.63, 3.8) is 0 Å². The number of carbonyl (C=O) groups excluding carboxylic acids is 2. The number of aryl methyl sites for hydroxylation is 1. The van der Waals surface area contributed by atoms with Crippen molar-refractivity contribution < 1.29 is 23.1 Å². The van der Waals surface area contributed by atoms with E-state index in [2.05, 4.69) is 15.7 Å². The van der Waals surface area contributed by atoms with E-state index in [1.165, 1.54) is 13.1 Å². The molecule has 0 fully saturated rings. The van der Waals surface area contributed by atoms with E-state index in [1.54, 1.807) is 19.2 Å². The predicted octanol–water partition coefficient (Wildman–Crippen LogP) is 1.41. The molecule has 4 N–H and O–H groups in total. The Morgan fingerprint density at radius 1 is 1.42 bits per heavy atom. The quantitative estimate of drug-likeness (QED) is 0.451. The molecule has 0 aromatic carbocycles. The van der Waals surface area contributed by atoms with Crippen LogP contribution in [-0.4, -0.2) is 58.5 Å². The monoisotopic (exact) mass is 464 g/mol. The summed E-state index contributed by atoms with van der Waals surface area (Å²) < 4.78 is 31.3. The number of amides is 1. The maximum absolute atomic E-state index is 13.1. The number of nitrogens with two attached hydrogens (primary N) is 1. The molecule has 1 aromatic rings. The van der Waals surface area contributed by atoms with Crippen molar-refractivity contribution >= 4 is 11.7 Å². The van der Waals surface area contributed by atoms with Gasteiger partial charge in [-0.2, -0.15) is 0 Å². The zero-order valence-corrected chi connectivity index (χ0v) is 19.0. The predicted molar refractivity (Wildman–Crippen MR) is 117 cm³/mol. The lowest BCUT2D eigenvalue weighted by atomic mass is 10.0. The Morgan fingerprint density at radius 2 is 2.18 bits per heavy atom. The first-order chi connectivity index (χ1) is 15.6. The van der Waals surface area contributed by atoms with Gasteiger partial charge in [-0.15, -0.1) is 5.12 Å². The van der Waals surface area contributed by atoms with E-state index >= 15 is 0 Å². The molecule has 3 heterocycles. The standard InChI is InChI=1S/C22H30F2N6O3/c1-14-6-18(26-10-20(14)33-13-22(3,23)24)12-29-11-16(19-4-5-28-30(19)29)7-21(32)27-9-17(8-25)15(2)31/h4-6,10-11,17,19,28H,7-9,12-13,25H2,1-3H3,(H,27,32). The first-order valence-electron chi connectivity index (χ1n) is 10.7. The molecular formula is C22H30F2N6O3. The lowest BCUT2D eigenvalue weighted by molar-refractivity contribution is -0.122. The number of aromatic nitrogens is 1. The Morgan fingerprint density at radius 3 is 2.82 bits per heavy atom. The number of halogens is 2. The van der Waals surface area contributed by atoms with Crippen LogP contribution in [0.2, 0.25) is 0 Å². The fraction of sp³-hybridized carbons (Fsp3) is 0.500. The van der Waals surface area contributed by atoms with Gasteiger partial charge in [0.25, 0.3) is 5.92 Å². The van der Waals surface area contributed by atoms with Crippen molar-refractivity contribution in [3.05, 3.63) is 47.6 Å². The highest BCUT2D eigenvalue weighted by Gasteiger charge is 2.35. The lowest BCUT2D eigenvalue weighted by Gasteiger charge is -2.28. The van der Waals surface area contributed by atoms with E-state index in [0.717, 1.165) is 12.5 Å². The number of hydrogen-bond acceptors (Lipinski definition) is 8. The second kappa shape index (κ2) is 10.3. The van der Waals surface area contributed by atoms with Gasteiger partial charge in [-0.1, -0.05) is 0 Å². The van der Waals surface area contributed by atoms with Crippen molar-refractivity contribution in [1.29, 1.82) is 0 Å². The minimum absolute atomic E-state index is 0.0548. The third-order valence-electron chi connectivity index (χ3n) is 5.41. The molecule has 11 heteroatoms. The van der Waals surface area contributed by atoms with Crippen LogP contribution in [0.4, 0.5) is 8.78 Å². The Balaban J connectivity index is 1.62. The number of fused-ring (bicyclic) bond motifs is 1. The van der Waals surface area contributed by atoms with E-state index in [0.29, 0.717) is 23.6 Å². The molecule has 2 aliphatic rings. The molecule has 0 saturated heterocycles. The molecule has 0 radical (unpaired) electrons. The molecule has 0 aliphatic carbocycles. The number of ketones is 1. The topological polar surface area (TPSA) is 113 Å². The maximum atomic E-state index is 13.1. The van der Waals surface area contributed by atoms with E-state index in [9.17, 15) is 18.4 Å². The van der Waals surface area contributed by atoms with Gasteiger partial charge in [0.2, 0.25) is 5.91 Å². The third kappa shape index (κ3) is 6.48. The number of carbonyl (C=O) groups is 2. The number of ether oxygens (including phenoxy) is 1. The molecule has 3 rings (SSSR count). The summed E-state index contributed by atoms with van der Waals surface area (Å²) in [5.74, 6) is -3.24. The molecule has 33 heavy (non-hydrogen) atoms. The Kier molecular flexibility index (Phi) is 7.65. The number of hydrazine groups is 2. The van der Waals surface area contributed by atoms with Gasteiger partial charge < -0.3 is 21.2 Å². The Hall–Kier alpha value is -3.05. The minimum atomic E-state index is -2.92. The number of alkyl halides is 2. The van der Waals surface area contributed by atoms with E-state index in [-0.39, 0.29) is 37.2 Å². The molecule has 2 atom stereocenters. The minimum Gasteiger partial charge on any atom is -0.485 e. The van der Waals surface area contributed by atoms with Crippen LogP contribution in [0.3, 0.4) is 0 Å². The molecule has 9 nitrogen and oxygen atoms in total. The van der Waals surface area contributed by atoms with Crippen molar-refractivity contribution in [2.45, 2.75) is 45.7 Å². The summed E-state index contributed by atoms with van der Waals surface area (Å²) in [6, 6.07) is 1.67. The normalized spacial score (nSPS) is 18.5. The summed E-state index contributed by atoms with van der Waals surface area (Å²) in [5, 5.41) is 6.55. The number of Topliss-reactive ketones (excluding diaryl/α,β-unsaturated/α-hetero) is 1. The lowest BCUT2D eigenvalue weighted by Crippen LogP contribution is -2.44. The van der Waals surface area contributed by atoms with Crippen LogP contribution in [0, 0.1) is 12.8 Å². The van der Waals surface area contributed by atoms with Gasteiger partial charge in [0, 0.05) is 38.3 Å². The van der Waals surface area contributed by atoms with Crippen LogP contribution in [-0.2, 0) is 16.1 Å². The van der Waals surface area contributed by atoms with Gasteiger partial charge >= 0.3 is 0 Å². The highest BCUT2D eigenvalue weighted by atomic mass is 19.3. The van der Waals surface area contributed by atoms with Crippen molar-refractivity contribution in [2.75, 3.05) is 19.7 Å². The Bertz CT molecular complexity index is 947. The zero-order chi connectivity index (χ0) is 24.2. The van der Waals surface area contributed by atoms with Crippen molar-refractivity contribution in [3.8, 4) is 5.75 Å². The molecule has 2 aliphatic heterocycles. The SMILES string of the molecule is CC(=O)C(CN)CNC(=O)CC1=CN(Cc2cc(C)c(OCC(C)(F)F)cn2)N2NC=CC12. The van der Waals surface area contributed by atoms with Gasteiger partial charge in [-0.05, 0) is 37.1 Å². The summed E-state index contributed by atoms with van der Waals surface area (Å²) in [7, 11) is 0. The molecule has 1 aromatic heterocycles. The highest BCUT2D eigenvalue weighted by molar-refractivity contribution is 5.82. The van der Waals surface area contributed by atoms with Crippen LogP contribution in [0.25, 0.3) is 0 Å². The van der Waals surface area contributed by atoms with Gasteiger partial charge in [0.15, 0.2) is 6.61 Å². The fourth-order valence-corrected chi connectivity index (χ4v) is 3.58. The molecule has 2 unspecified atom stereocenters. The van der Waals surface area contributed by atoms with Gasteiger partial charge in [-0.3, -0.25) is 19.6 Å². The molecule has 1 amide bonds. The summed E-state index contributed by atoms with van der Waals surface area (Å²) >= 11 is 0. The van der Waals surface area contributed by atoms with E-state index in [4.69, 9.17) is 10.5 Å². The first-order valence-corrected chi connectivity index (χ1v) is 10.7. The molecule has 0 saturated carbocycles. The maximum Gasteiger partial charge on any atom is 0.278 e. The molecule has 180 valence electrons. The van der Waals surface area contributed by atoms with E-state index < -0.39 is 18.4 Å². The van der Waals surface area contributed by atoms with Crippen LogP contribution >= 0.6 is 0 Å². The van der Waals surface area contributed by atoms with E-state index in [1.807, 2.05) is 22.4 Å². The summed E-state index contributed by atoms with van der Waals surface area (Å²) in [5.41, 5.74) is 11.0. The second-order valence-corrected chi connectivity index (χ2v) is 8.40. The molecule has 0 spiro atoms. The average Bonchev–Trinajstić information content (AvgIpc) is 3.32. The van der Waals surface area contributed by atoms with Crippen molar-refractivity contribution in [1.82, 2.24) is 25.9 Å². The third-order valence-corrected chi connectivity index (χ3v) is 5.41. The smallest absolute Gasteiger partial charge is 0.278 e. The summed E-state index contributed by atoms with van der Waals surface area (Å²) in [4.78, 5) is 28.3. The largest absolute Gasteiger partial charge is 0.485 e. The molecular weight excluding hydrogens is 434 g/mol. The van der Waals surface area contributed by atoms with Crippen LogP contribution in [0.5, 0.6) is 5.75 Å². The van der Waals surface area contributed by atoms with Gasteiger partial charge in [0.05, 0.1) is 30.9 Å². The van der Waals surface area contributed by atoms with Crippen LogP contribution in [0.1, 0.15) is 31.5 Å². The number of hydrogen-bond donors (Lipinski definition) is 3. The number of nitrogens with one attached hydrogen (secondary N) is 2. The number of rotatable bonds is 11. The van der Waals surface area contributed by atoms with Gasteiger partial charge in [0.1, 0.15) is 11.5 Å². The number of nitrogens with zero attached hydrogens (tertiary/aromatic N) is 3. The van der Waals surface area contributed by atoms with Crippen LogP contribution in [0.15, 0.2) is 36.3 Å². The summed E-state index contributed by atoms with van der Waals surface area (Å²) in [6.07, 6.45) is 7.23. The zero-order valence-electron chi connectivity index (χ0n) is 19.0. The van der Waals surface area contributed by atoms with Crippen molar-refractivity contribution in [2.24, 2.45) is 11.7 Å².